The van der Waals surface area contributed by atoms with Gasteiger partial charge in [-0.2, -0.15) is 13.8 Å². The molecule has 0 N–H and O–H groups in total. The fraction of sp³-hybridized carbons (Fsp3) is 0.500. The van der Waals surface area contributed by atoms with Gasteiger partial charge in [0.25, 0.3) is 5.56 Å². The molecule has 1 saturated heterocycles. The van der Waals surface area contributed by atoms with Crippen molar-refractivity contribution in [2.75, 3.05) is 37.6 Å². The summed E-state index contributed by atoms with van der Waals surface area (Å²) in [6.45, 7) is 5.32. The van der Waals surface area contributed by atoms with Crippen LogP contribution in [-0.4, -0.2) is 56.2 Å². The molecule has 1 aliphatic rings. The molecular weight excluding hydrogens is 276 g/mol. The molecule has 0 saturated carbocycles. The maximum atomic E-state index is 11.6. The van der Waals surface area contributed by atoms with E-state index in [0.717, 1.165) is 38.5 Å². The number of nitrogens with zero attached hydrogens (tertiary/aromatic N) is 6. The smallest absolute Gasteiger partial charge is 0.266 e. The maximum absolute atomic E-state index is 11.6. The molecule has 8 heteroatoms. The molecule has 3 rings (SSSR count). The summed E-state index contributed by atoms with van der Waals surface area (Å²) in [5, 5.41) is 4.07. The van der Waals surface area contributed by atoms with Crippen LogP contribution in [-0.2, 0) is 6.54 Å². The summed E-state index contributed by atoms with van der Waals surface area (Å²) in [6.07, 6.45) is 3.46. The number of hydrogen-bond acceptors (Lipinski definition) is 7. The lowest BCUT2D eigenvalue weighted by molar-refractivity contribution is 0.242. The van der Waals surface area contributed by atoms with Crippen LogP contribution in [0.5, 0.6) is 0 Å². The van der Waals surface area contributed by atoms with Crippen molar-refractivity contribution in [3.63, 3.8) is 0 Å². The Labute approximate surface area is 120 Å². The van der Waals surface area contributed by atoms with E-state index in [1.807, 2.05) is 6.20 Å². The molecule has 2 aromatic heterocycles. The first kappa shape index (κ1) is 13.2. The van der Waals surface area contributed by atoms with Gasteiger partial charge in [-0.05, 0) is 6.07 Å². The minimum absolute atomic E-state index is 0.0420. The van der Waals surface area contributed by atoms with Crippen LogP contribution in [0.1, 0.15) is 0 Å². The van der Waals surface area contributed by atoms with E-state index in [9.17, 15) is 4.79 Å². The van der Waals surface area contributed by atoms with E-state index in [1.165, 1.54) is 16.4 Å². The molecule has 0 aromatic carbocycles. The van der Waals surface area contributed by atoms with Crippen molar-refractivity contribution >= 4 is 17.5 Å². The predicted molar refractivity (Wildman–Crippen MR) is 77.1 cm³/mol. The Morgan fingerprint density at radius 1 is 1.20 bits per heavy atom. The van der Waals surface area contributed by atoms with Gasteiger partial charge in [-0.1, -0.05) is 0 Å². The minimum Gasteiger partial charge on any atom is -0.352 e. The van der Waals surface area contributed by atoms with Crippen LogP contribution in [0.15, 0.2) is 29.3 Å². The van der Waals surface area contributed by atoms with E-state index in [0.29, 0.717) is 6.54 Å². The summed E-state index contributed by atoms with van der Waals surface area (Å²) < 4.78 is 9.79. The molecule has 3 heterocycles. The van der Waals surface area contributed by atoms with Crippen LogP contribution in [0.3, 0.4) is 0 Å². The van der Waals surface area contributed by atoms with Gasteiger partial charge in [0.05, 0.1) is 24.5 Å². The van der Waals surface area contributed by atoms with Gasteiger partial charge in [0.15, 0.2) is 5.82 Å². The molecular formula is C12H16N6OS. The highest BCUT2D eigenvalue weighted by Crippen LogP contribution is 2.13. The number of piperazine rings is 1. The highest BCUT2D eigenvalue weighted by atomic mass is 32.1. The van der Waals surface area contributed by atoms with Gasteiger partial charge >= 0.3 is 0 Å². The number of rotatable bonds is 4. The lowest BCUT2D eigenvalue weighted by atomic mass is 10.3. The summed E-state index contributed by atoms with van der Waals surface area (Å²) in [6, 6.07) is 3.21. The lowest BCUT2D eigenvalue weighted by Crippen LogP contribution is -2.47. The van der Waals surface area contributed by atoms with Crippen molar-refractivity contribution in [3.8, 4) is 0 Å². The Kier molecular flexibility index (Phi) is 4.03. The first-order valence-electron chi connectivity index (χ1n) is 6.60. The van der Waals surface area contributed by atoms with Crippen LogP contribution < -0.4 is 10.5 Å². The lowest BCUT2D eigenvalue weighted by Gasteiger charge is -2.34. The topological polar surface area (TPSA) is 67.2 Å². The van der Waals surface area contributed by atoms with Crippen molar-refractivity contribution in [2.45, 2.75) is 6.54 Å². The van der Waals surface area contributed by atoms with E-state index < -0.39 is 0 Å². The van der Waals surface area contributed by atoms with Crippen molar-refractivity contribution in [2.24, 2.45) is 0 Å². The van der Waals surface area contributed by atoms with E-state index in [-0.39, 0.29) is 5.56 Å². The summed E-state index contributed by atoms with van der Waals surface area (Å²) in [5.41, 5.74) is -0.0420. The van der Waals surface area contributed by atoms with Crippen molar-refractivity contribution in [3.05, 3.63) is 34.9 Å². The van der Waals surface area contributed by atoms with Gasteiger partial charge in [0.1, 0.15) is 0 Å². The van der Waals surface area contributed by atoms with Gasteiger partial charge in [0.2, 0.25) is 0 Å². The summed E-state index contributed by atoms with van der Waals surface area (Å²) in [5.74, 6) is 0.968. The SMILES string of the molecule is O=c1cccnn1CCN1CCN(c2cnsn2)CC1. The molecule has 106 valence electrons. The molecule has 0 amide bonds. The first-order valence-corrected chi connectivity index (χ1v) is 7.33. The zero-order valence-electron chi connectivity index (χ0n) is 11.1. The molecule has 0 radical (unpaired) electrons. The highest BCUT2D eigenvalue weighted by Gasteiger charge is 2.18. The zero-order chi connectivity index (χ0) is 13.8. The normalized spacial score (nSPS) is 16.5. The molecule has 2 aromatic rings. The van der Waals surface area contributed by atoms with Crippen molar-refractivity contribution < 1.29 is 0 Å². The molecule has 7 nitrogen and oxygen atoms in total. The summed E-state index contributed by atoms with van der Waals surface area (Å²) in [4.78, 5) is 16.1. The third-order valence-corrected chi connectivity index (χ3v) is 3.93. The Hall–Kier alpha value is -1.80. The van der Waals surface area contributed by atoms with Crippen LogP contribution >= 0.6 is 11.7 Å². The molecule has 1 aliphatic heterocycles. The second-order valence-corrected chi connectivity index (χ2v) is 5.24. The highest BCUT2D eigenvalue weighted by molar-refractivity contribution is 6.99. The molecule has 20 heavy (non-hydrogen) atoms. The van der Waals surface area contributed by atoms with Gasteiger partial charge < -0.3 is 4.90 Å². The van der Waals surface area contributed by atoms with E-state index in [4.69, 9.17) is 0 Å². The predicted octanol–water partition coefficient (Wildman–Crippen LogP) is -0.0830. The van der Waals surface area contributed by atoms with E-state index in [2.05, 4.69) is 23.6 Å². The Morgan fingerprint density at radius 3 is 2.75 bits per heavy atom. The second kappa shape index (κ2) is 6.10. The average Bonchev–Trinajstić information content (AvgIpc) is 3.01. The van der Waals surface area contributed by atoms with Crippen molar-refractivity contribution in [1.82, 2.24) is 23.4 Å². The fourth-order valence-electron chi connectivity index (χ4n) is 2.29. The second-order valence-electron chi connectivity index (χ2n) is 4.68. The Balaban J connectivity index is 1.50. The zero-order valence-corrected chi connectivity index (χ0v) is 11.9. The third kappa shape index (κ3) is 3.02. The van der Waals surface area contributed by atoms with Gasteiger partial charge in [0, 0.05) is 45.0 Å². The molecule has 0 bridgehead atoms. The van der Waals surface area contributed by atoms with E-state index in [1.54, 1.807) is 18.3 Å². The number of anilines is 1. The molecule has 0 spiro atoms. The van der Waals surface area contributed by atoms with Crippen LogP contribution in [0, 0.1) is 0 Å². The molecule has 0 atom stereocenters. The van der Waals surface area contributed by atoms with Crippen LogP contribution in [0.4, 0.5) is 5.82 Å². The molecule has 1 fully saturated rings. The van der Waals surface area contributed by atoms with Crippen LogP contribution in [0.25, 0.3) is 0 Å². The summed E-state index contributed by atoms with van der Waals surface area (Å²) in [7, 11) is 0. The molecule has 0 unspecified atom stereocenters. The third-order valence-electron chi connectivity index (χ3n) is 3.46. The van der Waals surface area contributed by atoms with Gasteiger partial charge in [-0.3, -0.25) is 9.69 Å². The van der Waals surface area contributed by atoms with Crippen molar-refractivity contribution in [1.29, 1.82) is 0 Å². The van der Waals surface area contributed by atoms with E-state index >= 15 is 0 Å². The largest absolute Gasteiger partial charge is 0.352 e. The quantitative estimate of drug-likeness (QED) is 0.785. The monoisotopic (exact) mass is 292 g/mol. The van der Waals surface area contributed by atoms with Gasteiger partial charge in [-0.15, -0.1) is 0 Å². The first-order chi connectivity index (χ1) is 9.83. The maximum Gasteiger partial charge on any atom is 0.266 e. The number of hydrogen-bond donors (Lipinski definition) is 0. The number of aromatic nitrogens is 4. The summed E-state index contributed by atoms with van der Waals surface area (Å²) >= 11 is 1.24. The Bertz CT molecular complexity index is 590. The standard InChI is InChI=1S/C12H16N6OS/c19-12-2-1-3-13-18(12)9-6-16-4-7-17(8-5-16)11-10-14-20-15-11/h1-3,10H,4-9H2. The average molecular weight is 292 g/mol. The Morgan fingerprint density at radius 2 is 2.05 bits per heavy atom. The van der Waals surface area contributed by atoms with Gasteiger partial charge in [-0.25, -0.2) is 4.68 Å². The fourth-order valence-corrected chi connectivity index (χ4v) is 2.73. The molecule has 0 aliphatic carbocycles. The minimum atomic E-state index is -0.0420. The van der Waals surface area contributed by atoms with Crippen LogP contribution in [0.2, 0.25) is 0 Å².